The van der Waals surface area contributed by atoms with E-state index in [9.17, 15) is 32.7 Å². The van der Waals surface area contributed by atoms with E-state index in [2.05, 4.69) is 20.6 Å². The Morgan fingerprint density at radius 1 is 1.07 bits per heavy atom. The lowest BCUT2D eigenvalue weighted by Crippen LogP contribution is -2.51. The van der Waals surface area contributed by atoms with Gasteiger partial charge in [0, 0.05) is 23.6 Å². The second-order valence-electron chi connectivity index (χ2n) is 8.94. The number of amides is 2. The molecule has 0 fully saturated rings. The van der Waals surface area contributed by atoms with E-state index < -0.39 is 54.8 Å². The van der Waals surface area contributed by atoms with Gasteiger partial charge in [-0.2, -0.15) is 18.4 Å². The van der Waals surface area contributed by atoms with Crippen molar-refractivity contribution in [2.24, 2.45) is 0 Å². The number of hydrogen-bond donors (Lipinski definition) is 3. The van der Waals surface area contributed by atoms with Gasteiger partial charge in [0.15, 0.2) is 5.01 Å². The van der Waals surface area contributed by atoms with Crippen molar-refractivity contribution in [3.8, 4) is 16.6 Å². The molecule has 3 N–H and O–H groups in total. The van der Waals surface area contributed by atoms with Gasteiger partial charge in [0.05, 0.1) is 30.0 Å². The van der Waals surface area contributed by atoms with Crippen LogP contribution in [0, 0.1) is 11.3 Å². The Morgan fingerprint density at radius 2 is 1.80 bits per heavy atom. The van der Waals surface area contributed by atoms with Crippen molar-refractivity contribution in [3.63, 3.8) is 0 Å². The Bertz CT molecular complexity index is 1340. The fourth-order valence-corrected chi connectivity index (χ4v) is 5.10. The van der Waals surface area contributed by atoms with Gasteiger partial charge in [0.2, 0.25) is 11.7 Å². The molecule has 2 aromatic heterocycles. The molecule has 212 valence electrons. The normalized spacial score (nSPS) is 13.6. The molecule has 14 heteroatoms. The second kappa shape index (κ2) is 14.1. The Balaban J connectivity index is 1.74. The molecule has 0 radical (unpaired) electrons. The van der Waals surface area contributed by atoms with Crippen LogP contribution in [0.2, 0.25) is 0 Å². The minimum atomic E-state index is -4.42. The molecule has 0 saturated carbocycles. The van der Waals surface area contributed by atoms with Crippen LogP contribution in [-0.4, -0.2) is 57.0 Å². The molecule has 0 saturated heterocycles. The summed E-state index contributed by atoms with van der Waals surface area (Å²) in [6, 6.07) is 6.17. The van der Waals surface area contributed by atoms with Gasteiger partial charge in [-0.15, -0.1) is 22.7 Å². The van der Waals surface area contributed by atoms with E-state index >= 15 is 0 Å². The highest BCUT2D eigenvalue weighted by molar-refractivity contribution is 7.16. The summed E-state index contributed by atoms with van der Waals surface area (Å²) in [6.07, 6.45) is -4.15. The zero-order valence-corrected chi connectivity index (χ0v) is 22.9. The fraction of sp³-hybridized carbons (Fsp3) is 0.385. The van der Waals surface area contributed by atoms with Gasteiger partial charge >= 0.3 is 6.18 Å². The second-order valence-corrected chi connectivity index (χ2v) is 10.9. The van der Waals surface area contributed by atoms with Crippen molar-refractivity contribution in [2.45, 2.75) is 63.4 Å². The molecule has 2 heterocycles. The van der Waals surface area contributed by atoms with Crippen molar-refractivity contribution in [2.75, 3.05) is 0 Å². The van der Waals surface area contributed by atoms with Crippen molar-refractivity contribution in [1.29, 1.82) is 5.26 Å². The number of carbonyl (C=O) groups is 3. The Morgan fingerprint density at radius 3 is 2.40 bits per heavy atom. The highest BCUT2D eigenvalue weighted by Gasteiger charge is 2.31. The van der Waals surface area contributed by atoms with Crippen molar-refractivity contribution in [1.82, 2.24) is 20.6 Å². The fourth-order valence-electron chi connectivity index (χ4n) is 3.65. The van der Waals surface area contributed by atoms with E-state index in [4.69, 9.17) is 5.26 Å². The summed E-state index contributed by atoms with van der Waals surface area (Å²) < 4.78 is 38.2. The number of rotatable bonds is 13. The molecule has 3 aromatic rings. The molecule has 0 spiro atoms. The van der Waals surface area contributed by atoms with Crippen LogP contribution in [0.4, 0.5) is 13.2 Å². The first-order chi connectivity index (χ1) is 19.0. The SMILES string of the molecule is CC(O)CC[C@H](NC(=O)c1cnc(-c2ccc(C#N)cc2)s1)C(=O)N[C@@H](CCCC(F)(F)F)C(=O)c1nccs1. The Hall–Kier alpha value is -3.67. The minimum Gasteiger partial charge on any atom is -0.393 e. The van der Waals surface area contributed by atoms with E-state index in [1.165, 1.54) is 24.7 Å². The zero-order chi connectivity index (χ0) is 29.3. The Labute approximate surface area is 236 Å². The van der Waals surface area contributed by atoms with Crippen molar-refractivity contribution >= 4 is 40.3 Å². The average molecular weight is 594 g/mol. The number of carbonyl (C=O) groups excluding carboxylic acids is 3. The quantitative estimate of drug-likeness (QED) is 0.248. The number of ketones is 1. The van der Waals surface area contributed by atoms with Crippen LogP contribution in [-0.2, 0) is 4.79 Å². The predicted molar refractivity (Wildman–Crippen MR) is 143 cm³/mol. The third-order valence-corrected chi connectivity index (χ3v) is 7.55. The van der Waals surface area contributed by atoms with Gasteiger partial charge in [-0.1, -0.05) is 12.1 Å². The molecule has 3 rings (SSSR count). The number of nitriles is 1. The summed E-state index contributed by atoms with van der Waals surface area (Å²) in [6.45, 7) is 1.51. The number of aliphatic hydroxyl groups excluding tert-OH is 1. The number of nitrogens with one attached hydrogen (secondary N) is 2. The summed E-state index contributed by atoms with van der Waals surface area (Å²) in [5.74, 6) is -2.02. The molecule has 1 aromatic carbocycles. The van der Waals surface area contributed by atoms with Gasteiger partial charge in [0.25, 0.3) is 5.91 Å². The number of halogens is 3. The molecule has 0 aliphatic heterocycles. The molecule has 40 heavy (non-hydrogen) atoms. The number of Topliss-reactive ketones (excluding diaryl/α,β-unsaturated/α-hetero) is 1. The van der Waals surface area contributed by atoms with Crippen molar-refractivity contribution in [3.05, 3.63) is 57.5 Å². The minimum absolute atomic E-state index is 0.0111. The third-order valence-electron chi connectivity index (χ3n) is 5.71. The lowest BCUT2D eigenvalue weighted by Gasteiger charge is -2.23. The number of benzene rings is 1. The number of alkyl halides is 3. The summed E-state index contributed by atoms with van der Waals surface area (Å²) in [5, 5.41) is 25.9. The van der Waals surface area contributed by atoms with Crippen LogP contribution in [0.15, 0.2) is 42.0 Å². The first-order valence-corrected chi connectivity index (χ1v) is 13.9. The lowest BCUT2D eigenvalue weighted by atomic mass is 10.0. The average Bonchev–Trinajstić information content (AvgIpc) is 3.62. The Kier molecular flexibility index (Phi) is 10.9. The third kappa shape index (κ3) is 9.22. The summed E-state index contributed by atoms with van der Waals surface area (Å²) in [4.78, 5) is 47.5. The first kappa shape index (κ1) is 30.9. The smallest absolute Gasteiger partial charge is 0.389 e. The van der Waals surface area contributed by atoms with Gasteiger partial charge in [-0.05, 0) is 44.7 Å². The van der Waals surface area contributed by atoms with Crippen LogP contribution in [0.25, 0.3) is 10.6 Å². The largest absolute Gasteiger partial charge is 0.393 e. The molecule has 3 atom stereocenters. The predicted octanol–water partition coefficient (Wildman–Crippen LogP) is 4.50. The van der Waals surface area contributed by atoms with Crippen LogP contribution in [0.1, 0.15) is 64.1 Å². The van der Waals surface area contributed by atoms with E-state index in [1.807, 2.05) is 6.07 Å². The highest BCUT2D eigenvalue weighted by atomic mass is 32.1. The number of hydrogen-bond acceptors (Lipinski definition) is 9. The topological polar surface area (TPSA) is 145 Å². The number of thiazole rings is 2. The lowest BCUT2D eigenvalue weighted by molar-refractivity contribution is -0.135. The maximum atomic E-state index is 13.2. The van der Waals surface area contributed by atoms with Gasteiger partial charge < -0.3 is 15.7 Å². The zero-order valence-electron chi connectivity index (χ0n) is 21.3. The summed E-state index contributed by atoms with van der Waals surface area (Å²) in [7, 11) is 0. The molecular weight excluding hydrogens is 567 g/mol. The van der Waals surface area contributed by atoms with Crippen LogP contribution < -0.4 is 10.6 Å². The van der Waals surface area contributed by atoms with Crippen LogP contribution >= 0.6 is 22.7 Å². The van der Waals surface area contributed by atoms with Gasteiger partial charge in [-0.25, -0.2) is 9.97 Å². The first-order valence-electron chi connectivity index (χ1n) is 12.2. The number of aromatic nitrogens is 2. The van der Waals surface area contributed by atoms with Crippen molar-refractivity contribution < 1.29 is 32.7 Å². The van der Waals surface area contributed by atoms with Crippen LogP contribution in [0.5, 0.6) is 0 Å². The van der Waals surface area contributed by atoms with Crippen LogP contribution in [0.3, 0.4) is 0 Å². The summed E-state index contributed by atoms with van der Waals surface area (Å²) in [5.41, 5.74) is 1.16. The monoisotopic (exact) mass is 593 g/mol. The molecule has 2 amide bonds. The molecule has 1 unspecified atom stereocenters. The van der Waals surface area contributed by atoms with E-state index in [0.717, 1.165) is 22.7 Å². The molecule has 0 bridgehead atoms. The van der Waals surface area contributed by atoms with Gasteiger partial charge in [0.1, 0.15) is 15.9 Å². The molecule has 0 aliphatic carbocycles. The standard InChI is InChI=1S/C26H26F3N5O4S2/c1-15(35)4-9-19(34-23(38)20-14-32-24(40-20)17-7-5-16(13-30)6-8-17)22(37)33-18(3-2-10-26(27,28)29)21(36)25-31-11-12-39-25/h5-8,11-12,14-15,18-19,35H,2-4,9-10H2,1H3,(H,33,37)(H,34,38)/t15?,18-,19-/m0/s1. The maximum Gasteiger partial charge on any atom is 0.389 e. The molecular formula is C26H26F3N5O4S2. The highest BCUT2D eigenvalue weighted by Crippen LogP contribution is 2.26. The number of nitrogens with zero attached hydrogens (tertiary/aromatic N) is 3. The number of aliphatic hydroxyl groups is 1. The molecule has 0 aliphatic rings. The van der Waals surface area contributed by atoms with E-state index in [1.54, 1.807) is 24.3 Å². The van der Waals surface area contributed by atoms with E-state index in [0.29, 0.717) is 16.1 Å². The maximum absolute atomic E-state index is 13.2. The summed E-state index contributed by atoms with van der Waals surface area (Å²) >= 11 is 2.06. The van der Waals surface area contributed by atoms with E-state index in [-0.39, 0.29) is 29.1 Å². The molecule has 9 nitrogen and oxygen atoms in total. The van der Waals surface area contributed by atoms with Gasteiger partial charge in [-0.3, -0.25) is 14.4 Å².